The number of phenolic OH excluding ortho intramolecular Hbond substituents is 1. The zero-order chi connectivity index (χ0) is 9.14. The molecular weight excluding hydrogens is 287 g/mol. The Hall–Kier alpha value is -0.560. The molecule has 0 amide bonds. The molecular formula is C7H7IN2OS. The normalized spacial score (nSPS) is 9.42. The Labute approximate surface area is 89.1 Å². The molecule has 12 heavy (non-hydrogen) atoms. The SMILES string of the molecule is NC(=S)Nc1ccc(I)c(O)c1. The van der Waals surface area contributed by atoms with Crippen LogP contribution in [0.1, 0.15) is 0 Å². The number of benzene rings is 1. The zero-order valence-electron chi connectivity index (χ0n) is 6.04. The summed E-state index contributed by atoms with van der Waals surface area (Å²) in [5, 5.41) is 12.2. The Morgan fingerprint density at radius 2 is 2.25 bits per heavy atom. The molecule has 0 saturated carbocycles. The molecule has 0 bridgehead atoms. The number of rotatable bonds is 1. The van der Waals surface area contributed by atoms with Crippen LogP contribution in [0.25, 0.3) is 0 Å². The second kappa shape index (κ2) is 3.90. The summed E-state index contributed by atoms with van der Waals surface area (Å²) >= 11 is 6.67. The van der Waals surface area contributed by atoms with Gasteiger partial charge in [0.2, 0.25) is 0 Å². The Kier molecular flexibility index (Phi) is 3.10. The van der Waals surface area contributed by atoms with E-state index >= 15 is 0 Å². The number of aromatic hydroxyl groups is 1. The van der Waals surface area contributed by atoms with Crippen LogP contribution in [-0.2, 0) is 0 Å². The summed E-state index contributed by atoms with van der Waals surface area (Å²) in [6, 6.07) is 5.14. The lowest BCUT2D eigenvalue weighted by Crippen LogP contribution is -2.18. The first-order valence-electron chi connectivity index (χ1n) is 3.14. The van der Waals surface area contributed by atoms with Gasteiger partial charge in [0.1, 0.15) is 5.75 Å². The summed E-state index contributed by atoms with van der Waals surface area (Å²) < 4.78 is 0.793. The van der Waals surface area contributed by atoms with E-state index in [1.807, 2.05) is 22.6 Å². The van der Waals surface area contributed by atoms with Gasteiger partial charge in [0.25, 0.3) is 0 Å². The van der Waals surface area contributed by atoms with Crippen molar-refractivity contribution in [2.45, 2.75) is 0 Å². The van der Waals surface area contributed by atoms with Gasteiger partial charge in [0, 0.05) is 11.8 Å². The Morgan fingerprint density at radius 3 is 2.75 bits per heavy atom. The summed E-state index contributed by atoms with van der Waals surface area (Å²) in [6.07, 6.45) is 0. The van der Waals surface area contributed by atoms with Gasteiger partial charge in [-0.15, -0.1) is 0 Å². The van der Waals surface area contributed by atoms with Crippen LogP contribution in [-0.4, -0.2) is 10.2 Å². The largest absolute Gasteiger partial charge is 0.507 e. The van der Waals surface area contributed by atoms with E-state index in [-0.39, 0.29) is 10.9 Å². The van der Waals surface area contributed by atoms with Crippen molar-refractivity contribution in [1.82, 2.24) is 0 Å². The monoisotopic (exact) mass is 294 g/mol. The maximum atomic E-state index is 9.28. The Balaban J connectivity index is 2.89. The number of phenols is 1. The number of anilines is 1. The van der Waals surface area contributed by atoms with Crippen LogP contribution in [0, 0.1) is 3.57 Å². The maximum absolute atomic E-state index is 9.28. The van der Waals surface area contributed by atoms with Gasteiger partial charge in [-0.2, -0.15) is 0 Å². The van der Waals surface area contributed by atoms with Crippen molar-refractivity contribution in [2.75, 3.05) is 5.32 Å². The molecule has 0 heterocycles. The number of thiocarbonyl (C=S) groups is 1. The molecule has 0 spiro atoms. The van der Waals surface area contributed by atoms with Gasteiger partial charge in [0.05, 0.1) is 3.57 Å². The first kappa shape index (κ1) is 9.53. The number of hydrogen-bond acceptors (Lipinski definition) is 2. The average molecular weight is 294 g/mol. The Morgan fingerprint density at radius 1 is 1.58 bits per heavy atom. The molecule has 0 saturated heterocycles. The number of nitrogens with one attached hydrogen (secondary N) is 1. The third kappa shape index (κ3) is 2.49. The lowest BCUT2D eigenvalue weighted by molar-refractivity contribution is 0.472. The smallest absolute Gasteiger partial charge is 0.168 e. The van der Waals surface area contributed by atoms with Gasteiger partial charge >= 0.3 is 0 Å². The van der Waals surface area contributed by atoms with E-state index in [2.05, 4.69) is 17.5 Å². The number of hydrogen-bond donors (Lipinski definition) is 3. The fourth-order valence-electron chi connectivity index (χ4n) is 0.733. The molecule has 0 aromatic heterocycles. The summed E-state index contributed by atoms with van der Waals surface area (Å²) in [5.41, 5.74) is 5.94. The standard InChI is InChI=1S/C7H7IN2OS/c8-5-2-1-4(3-6(5)11)10-7(9)12/h1-3,11H,(H3,9,10,12). The number of nitrogens with two attached hydrogens (primary N) is 1. The third-order valence-corrected chi connectivity index (χ3v) is 2.23. The van der Waals surface area contributed by atoms with Crippen molar-refractivity contribution in [3.8, 4) is 5.75 Å². The molecule has 0 fully saturated rings. The molecule has 4 N–H and O–H groups in total. The highest BCUT2D eigenvalue weighted by molar-refractivity contribution is 14.1. The van der Waals surface area contributed by atoms with Crippen LogP contribution in [0.5, 0.6) is 5.75 Å². The fraction of sp³-hybridized carbons (Fsp3) is 0. The molecule has 1 rings (SSSR count). The van der Waals surface area contributed by atoms with Crippen molar-refractivity contribution >= 4 is 45.6 Å². The van der Waals surface area contributed by atoms with Crippen LogP contribution < -0.4 is 11.1 Å². The van der Waals surface area contributed by atoms with Crippen molar-refractivity contribution in [3.05, 3.63) is 21.8 Å². The minimum Gasteiger partial charge on any atom is -0.507 e. The van der Waals surface area contributed by atoms with Crippen molar-refractivity contribution in [3.63, 3.8) is 0 Å². The van der Waals surface area contributed by atoms with Crippen LogP contribution in [0.3, 0.4) is 0 Å². The van der Waals surface area contributed by atoms with E-state index in [4.69, 9.17) is 5.73 Å². The van der Waals surface area contributed by atoms with E-state index in [0.717, 1.165) is 3.57 Å². The molecule has 5 heteroatoms. The maximum Gasteiger partial charge on any atom is 0.168 e. The van der Waals surface area contributed by atoms with Gasteiger partial charge in [-0.1, -0.05) is 0 Å². The van der Waals surface area contributed by atoms with E-state index in [9.17, 15) is 5.11 Å². The molecule has 1 aromatic rings. The molecule has 64 valence electrons. The van der Waals surface area contributed by atoms with Crippen LogP contribution >= 0.6 is 34.8 Å². The third-order valence-electron chi connectivity index (χ3n) is 1.21. The highest BCUT2D eigenvalue weighted by Gasteiger charge is 1.98. The van der Waals surface area contributed by atoms with E-state index < -0.39 is 0 Å². The van der Waals surface area contributed by atoms with Crippen LogP contribution in [0.4, 0.5) is 5.69 Å². The van der Waals surface area contributed by atoms with Crippen LogP contribution in [0.2, 0.25) is 0 Å². The van der Waals surface area contributed by atoms with E-state index in [1.165, 1.54) is 0 Å². The average Bonchev–Trinajstić information content (AvgIpc) is 1.96. The quantitative estimate of drug-likeness (QED) is 0.544. The van der Waals surface area contributed by atoms with Gasteiger partial charge < -0.3 is 16.2 Å². The summed E-state index contributed by atoms with van der Waals surface area (Å²) in [6.45, 7) is 0. The molecule has 0 aliphatic carbocycles. The van der Waals surface area contributed by atoms with Crippen LogP contribution in [0.15, 0.2) is 18.2 Å². The van der Waals surface area contributed by atoms with Gasteiger partial charge in [-0.25, -0.2) is 0 Å². The molecule has 0 unspecified atom stereocenters. The number of halogens is 1. The first-order chi connectivity index (χ1) is 5.59. The fourth-order valence-corrected chi connectivity index (χ4v) is 1.19. The molecule has 3 nitrogen and oxygen atoms in total. The minimum atomic E-state index is 0.190. The molecule has 0 aliphatic rings. The second-order valence-electron chi connectivity index (χ2n) is 2.16. The first-order valence-corrected chi connectivity index (χ1v) is 4.63. The summed E-state index contributed by atoms with van der Waals surface area (Å²) in [7, 11) is 0. The molecule has 0 aliphatic heterocycles. The summed E-state index contributed by atoms with van der Waals surface area (Å²) in [5.74, 6) is 0.219. The van der Waals surface area contributed by atoms with E-state index in [1.54, 1.807) is 18.2 Å². The zero-order valence-corrected chi connectivity index (χ0v) is 9.02. The summed E-state index contributed by atoms with van der Waals surface area (Å²) in [4.78, 5) is 0. The van der Waals surface area contributed by atoms with Crippen molar-refractivity contribution in [1.29, 1.82) is 0 Å². The topological polar surface area (TPSA) is 58.3 Å². The van der Waals surface area contributed by atoms with Gasteiger partial charge in [-0.3, -0.25) is 0 Å². The predicted molar refractivity (Wildman–Crippen MR) is 61.2 cm³/mol. The Bertz CT molecular complexity index is 316. The van der Waals surface area contributed by atoms with Gasteiger partial charge in [-0.05, 0) is 46.9 Å². The van der Waals surface area contributed by atoms with Crippen molar-refractivity contribution in [2.24, 2.45) is 5.73 Å². The lowest BCUT2D eigenvalue weighted by Gasteiger charge is -2.04. The molecule has 0 radical (unpaired) electrons. The molecule has 1 aromatic carbocycles. The van der Waals surface area contributed by atoms with E-state index in [0.29, 0.717) is 5.69 Å². The van der Waals surface area contributed by atoms with Gasteiger partial charge in [0.15, 0.2) is 5.11 Å². The predicted octanol–water partition coefficient (Wildman–Crippen LogP) is 1.65. The van der Waals surface area contributed by atoms with Crippen molar-refractivity contribution < 1.29 is 5.11 Å². The lowest BCUT2D eigenvalue weighted by atomic mass is 10.3. The minimum absolute atomic E-state index is 0.190. The highest BCUT2D eigenvalue weighted by atomic mass is 127. The molecule has 0 atom stereocenters. The second-order valence-corrected chi connectivity index (χ2v) is 3.76. The highest BCUT2D eigenvalue weighted by Crippen LogP contribution is 2.22.